The second kappa shape index (κ2) is 11.7. The molecule has 3 aliphatic carbocycles. The largest absolute Gasteiger partial charge is 0.361 e. The van der Waals surface area contributed by atoms with Crippen LogP contribution >= 0.6 is 36.4 Å². The molecule has 0 amide bonds. The smallest absolute Gasteiger partial charge is 0.227 e. The van der Waals surface area contributed by atoms with E-state index in [4.69, 9.17) is 32.3 Å². The zero-order valence-corrected chi connectivity index (χ0v) is 22.8. The lowest BCUT2D eigenvalue weighted by Crippen LogP contribution is -2.33. The molecule has 3 saturated carbocycles. The summed E-state index contributed by atoms with van der Waals surface area (Å²) in [5.41, 5.74) is 9.17. The number of aromatic nitrogens is 4. The van der Waals surface area contributed by atoms with Crippen LogP contribution in [-0.2, 0) is 0 Å². The molecule has 196 valence electrons. The highest BCUT2D eigenvalue weighted by atomic mass is 35.5. The summed E-state index contributed by atoms with van der Waals surface area (Å²) in [6, 6.07) is 9.54. The number of hydrogen-bond acceptors (Lipinski definition) is 6. The average molecular weight is 553 g/mol. The predicted molar refractivity (Wildman–Crippen MR) is 152 cm³/mol. The van der Waals surface area contributed by atoms with E-state index in [-0.39, 0.29) is 30.9 Å². The Hall–Kier alpha value is -1.80. The number of halogens is 3. The summed E-state index contributed by atoms with van der Waals surface area (Å²) in [6.07, 6.45) is 13.5. The van der Waals surface area contributed by atoms with Crippen LogP contribution in [0.3, 0.4) is 0 Å². The van der Waals surface area contributed by atoms with Crippen molar-refractivity contribution in [1.82, 2.24) is 19.5 Å². The average Bonchev–Trinajstić information content (AvgIpc) is 3.35. The van der Waals surface area contributed by atoms with Gasteiger partial charge in [0.2, 0.25) is 5.95 Å². The van der Waals surface area contributed by atoms with E-state index in [0.29, 0.717) is 30.0 Å². The van der Waals surface area contributed by atoms with Crippen LogP contribution in [0.4, 0.5) is 11.8 Å². The number of nitrogens with zero attached hydrogens (tertiary/aromatic N) is 4. The van der Waals surface area contributed by atoms with E-state index >= 15 is 0 Å². The van der Waals surface area contributed by atoms with Gasteiger partial charge in [-0.2, -0.15) is 9.97 Å². The van der Waals surface area contributed by atoms with Crippen LogP contribution in [0, 0.1) is 5.92 Å². The van der Waals surface area contributed by atoms with Crippen molar-refractivity contribution in [2.24, 2.45) is 11.7 Å². The van der Waals surface area contributed by atoms with Crippen LogP contribution in [0.15, 0.2) is 30.6 Å². The van der Waals surface area contributed by atoms with Crippen molar-refractivity contribution in [2.45, 2.75) is 88.4 Å². The highest BCUT2D eigenvalue weighted by Gasteiger charge is 2.34. The first-order chi connectivity index (χ1) is 16.6. The summed E-state index contributed by atoms with van der Waals surface area (Å²) in [5, 5.41) is 8.17. The van der Waals surface area contributed by atoms with E-state index in [9.17, 15) is 0 Å². The maximum Gasteiger partial charge on any atom is 0.227 e. The molecule has 1 unspecified atom stereocenters. The highest BCUT2D eigenvalue weighted by Crippen LogP contribution is 2.44. The molecule has 0 bridgehead atoms. The van der Waals surface area contributed by atoms with E-state index < -0.39 is 0 Å². The van der Waals surface area contributed by atoms with Crippen molar-refractivity contribution in [3.63, 3.8) is 0 Å². The molecule has 6 rings (SSSR count). The van der Waals surface area contributed by atoms with Crippen molar-refractivity contribution in [3.8, 4) is 0 Å². The molecule has 36 heavy (non-hydrogen) atoms. The molecule has 10 heteroatoms. The normalized spacial score (nSPS) is 23.1. The minimum absolute atomic E-state index is 0. The van der Waals surface area contributed by atoms with Gasteiger partial charge in [-0.05, 0) is 75.0 Å². The predicted octanol–water partition coefficient (Wildman–Crippen LogP) is 6.68. The zero-order valence-electron chi connectivity index (χ0n) is 20.4. The summed E-state index contributed by atoms with van der Waals surface area (Å²) in [4.78, 5) is 14.8. The molecule has 0 spiro atoms. The van der Waals surface area contributed by atoms with E-state index in [2.05, 4.69) is 27.3 Å². The topological polar surface area (TPSA) is 93.7 Å². The van der Waals surface area contributed by atoms with Gasteiger partial charge in [-0.3, -0.25) is 0 Å². The van der Waals surface area contributed by atoms with Gasteiger partial charge in [-0.1, -0.05) is 36.6 Å². The molecule has 1 atom stereocenters. The summed E-state index contributed by atoms with van der Waals surface area (Å²) in [5.74, 6) is 2.11. The van der Waals surface area contributed by atoms with Crippen molar-refractivity contribution in [1.29, 1.82) is 0 Å². The van der Waals surface area contributed by atoms with Gasteiger partial charge in [0.1, 0.15) is 0 Å². The molecule has 3 aromatic rings. The maximum absolute atomic E-state index is 6.17. The van der Waals surface area contributed by atoms with Gasteiger partial charge >= 0.3 is 0 Å². The fourth-order valence-corrected chi connectivity index (χ4v) is 5.82. The van der Waals surface area contributed by atoms with Crippen LogP contribution in [-0.4, -0.2) is 31.6 Å². The molecule has 1 aromatic carbocycles. The molecule has 7 nitrogen and oxygen atoms in total. The Morgan fingerprint density at radius 3 is 2.28 bits per heavy atom. The molecule has 0 saturated heterocycles. The van der Waals surface area contributed by atoms with Crippen molar-refractivity contribution in [3.05, 3.63) is 41.2 Å². The molecule has 2 aromatic heterocycles. The zero-order chi connectivity index (χ0) is 23.1. The molecule has 3 fully saturated rings. The van der Waals surface area contributed by atoms with E-state index in [1.165, 1.54) is 44.1 Å². The number of nitrogens with two attached hydrogens (primary N) is 1. The second-order valence-corrected chi connectivity index (χ2v) is 10.9. The molecule has 4 N–H and O–H groups in total. The van der Waals surface area contributed by atoms with E-state index in [0.717, 1.165) is 47.7 Å². The number of fused-ring (bicyclic) bond motifs is 1. The first kappa shape index (κ1) is 27.2. The van der Waals surface area contributed by atoms with Crippen LogP contribution < -0.4 is 16.4 Å². The summed E-state index contributed by atoms with van der Waals surface area (Å²) >= 11 is 6.17. The molecular formula is C26H36Cl3N7. The lowest BCUT2D eigenvalue weighted by atomic mass is 9.92. The van der Waals surface area contributed by atoms with Gasteiger partial charge in [0, 0.05) is 23.1 Å². The number of rotatable bonds is 7. The third-order valence-electron chi connectivity index (χ3n) is 7.86. The Labute approximate surface area is 230 Å². The van der Waals surface area contributed by atoms with E-state index in [1.54, 1.807) is 0 Å². The summed E-state index contributed by atoms with van der Waals surface area (Å²) in [7, 11) is 0. The standard InChI is InChI=1S/C26H34ClN7.2ClH/c27-18-9-7-17(8-10-18)22(16-5-6-16)31-24-23-25(34(15-29-23)21-3-1-2-4-21)33-26(32-24)30-20-13-11-19(28)12-14-20;;/h7-10,15-16,19-22H,1-6,11-14,28H2,(H2,30,31,32,33);2*1H/t19-,20-,22?;;. The van der Waals surface area contributed by atoms with Gasteiger partial charge in [-0.15, -0.1) is 24.8 Å². The number of nitrogens with one attached hydrogen (secondary N) is 2. The quantitative estimate of drug-likeness (QED) is 0.302. The van der Waals surface area contributed by atoms with Crippen LogP contribution in [0.5, 0.6) is 0 Å². The second-order valence-electron chi connectivity index (χ2n) is 10.4. The fraction of sp³-hybridized carbons (Fsp3) is 0.577. The monoisotopic (exact) mass is 551 g/mol. The van der Waals surface area contributed by atoms with Crippen molar-refractivity contribution >= 4 is 59.3 Å². The minimum Gasteiger partial charge on any atom is -0.361 e. The third kappa shape index (κ3) is 5.85. The van der Waals surface area contributed by atoms with Crippen LogP contribution in [0.25, 0.3) is 11.2 Å². The number of hydrogen-bond donors (Lipinski definition) is 3. The summed E-state index contributed by atoms with van der Waals surface area (Å²) < 4.78 is 2.28. The SMILES string of the molecule is Cl.Cl.N[C@H]1CC[C@H](Nc2nc(NC(c3ccc(Cl)cc3)C3CC3)c3ncn(C4CCCC4)c3n2)CC1. The first-order valence-corrected chi connectivity index (χ1v) is 13.3. The molecular weight excluding hydrogens is 517 g/mol. The minimum atomic E-state index is 0. The van der Waals surface area contributed by atoms with Gasteiger partial charge in [0.05, 0.1) is 12.4 Å². The van der Waals surface area contributed by atoms with Gasteiger partial charge in [0.15, 0.2) is 17.0 Å². The van der Waals surface area contributed by atoms with Gasteiger partial charge in [-0.25, -0.2) is 4.98 Å². The number of imidazole rings is 1. The molecule has 0 aliphatic heterocycles. The van der Waals surface area contributed by atoms with Gasteiger partial charge in [0.25, 0.3) is 0 Å². The van der Waals surface area contributed by atoms with E-state index in [1.807, 2.05) is 18.5 Å². The Morgan fingerprint density at radius 1 is 0.917 bits per heavy atom. The van der Waals surface area contributed by atoms with Crippen molar-refractivity contribution < 1.29 is 0 Å². The Balaban J connectivity index is 0.00000152. The summed E-state index contributed by atoms with van der Waals surface area (Å²) in [6.45, 7) is 0. The number of anilines is 2. The first-order valence-electron chi connectivity index (χ1n) is 12.9. The van der Waals surface area contributed by atoms with Crippen molar-refractivity contribution in [2.75, 3.05) is 10.6 Å². The van der Waals surface area contributed by atoms with Gasteiger partial charge < -0.3 is 20.9 Å². The third-order valence-corrected chi connectivity index (χ3v) is 8.11. The molecule has 0 radical (unpaired) electrons. The Kier molecular flexibility index (Phi) is 8.87. The van der Waals surface area contributed by atoms with Crippen LogP contribution in [0.1, 0.15) is 81.9 Å². The Morgan fingerprint density at radius 2 is 1.61 bits per heavy atom. The fourth-order valence-electron chi connectivity index (χ4n) is 5.70. The lowest BCUT2D eigenvalue weighted by molar-refractivity contribution is 0.410. The highest BCUT2D eigenvalue weighted by molar-refractivity contribution is 6.30. The number of benzene rings is 1. The lowest BCUT2D eigenvalue weighted by Gasteiger charge is -2.27. The Bertz CT molecular complexity index is 1130. The van der Waals surface area contributed by atoms with Crippen LogP contribution in [0.2, 0.25) is 5.02 Å². The molecule has 2 heterocycles. The molecule has 3 aliphatic rings. The maximum atomic E-state index is 6.17.